The van der Waals surface area contributed by atoms with Gasteiger partial charge in [-0.2, -0.15) is 0 Å². The first-order chi connectivity index (χ1) is 7.72. The highest BCUT2D eigenvalue weighted by atomic mass is 79.9. The fourth-order valence-corrected chi connectivity index (χ4v) is 2.17. The average Bonchev–Trinajstić information content (AvgIpc) is 2.57. The molecular formula is C12H8Br2O2. The van der Waals surface area contributed by atoms with Crippen LogP contribution in [0.3, 0.4) is 0 Å². The van der Waals surface area contributed by atoms with Gasteiger partial charge >= 0.3 is 0 Å². The number of furan rings is 1. The van der Waals surface area contributed by atoms with Gasteiger partial charge in [0.15, 0.2) is 5.76 Å². The summed E-state index contributed by atoms with van der Waals surface area (Å²) >= 11 is 6.87. The standard InChI is InChI=1S/C12H8Br2O2/c13-8-4-5-10-9(7-8)12(14)11(16-10)3-1-2-6-15/h4-5,7,15H,2,6H2. The van der Waals surface area contributed by atoms with Gasteiger partial charge in [-0.1, -0.05) is 21.9 Å². The van der Waals surface area contributed by atoms with E-state index in [1.54, 1.807) is 0 Å². The van der Waals surface area contributed by atoms with E-state index in [0.717, 1.165) is 19.9 Å². The van der Waals surface area contributed by atoms with Gasteiger partial charge in [0, 0.05) is 16.3 Å². The molecule has 1 N–H and O–H groups in total. The maximum atomic E-state index is 8.64. The van der Waals surface area contributed by atoms with Crippen molar-refractivity contribution in [3.63, 3.8) is 0 Å². The fourth-order valence-electron chi connectivity index (χ4n) is 1.32. The second kappa shape index (κ2) is 5.05. The van der Waals surface area contributed by atoms with E-state index in [2.05, 4.69) is 43.7 Å². The molecule has 1 heterocycles. The number of rotatable bonds is 1. The zero-order valence-corrected chi connectivity index (χ0v) is 11.4. The maximum Gasteiger partial charge on any atom is 0.192 e. The van der Waals surface area contributed by atoms with Crippen molar-refractivity contribution in [2.75, 3.05) is 6.61 Å². The Labute approximate surface area is 110 Å². The molecule has 0 atom stereocenters. The summed E-state index contributed by atoms with van der Waals surface area (Å²) in [5.41, 5.74) is 0.795. The van der Waals surface area contributed by atoms with Crippen LogP contribution in [0.25, 0.3) is 11.0 Å². The number of fused-ring (bicyclic) bond motifs is 1. The Hall–Kier alpha value is -0.760. The van der Waals surface area contributed by atoms with Crippen molar-refractivity contribution in [2.45, 2.75) is 6.42 Å². The summed E-state index contributed by atoms with van der Waals surface area (Å²) in [6.07, 6.45) is 0.452. The van der Waals surface area contributed by atoms with E-state index in [4.69, 9.17) is 9.52 Å². The van der Waals surface area contributed by atoms with Crippen LogP contribution in [-0.4, -0.2) is 11.7 Å². The number of aliphatic hydroxyl groups is 1. The quantitative estimate of drug-likeness (QED) is 0.801. The lowest BCUT2D eigenvalue weighted by Crippen LogP contribution is -1.76. The van der Waals surface area contributed by atoms with Crippen molar-refractivity contribution in [1.29, 1.82) is 0 Å². The third-order valence-electron chi connectivity index (χ3n) is 2.03. The highest BCUT2D eigenvalue weighted by Crippen LogP contribution is 2.32. The Kier molecular flexibility index (Phi) is 3.70. The summed E-state index contributed by atoms with van der Waals surface area (Å²) in [4.78, 5) is 0. The maximum absolute atomic E-state index is 8.64. The zero-order chi connectivity index (χ0) is 11.5. The molecule has 0 spiro atoms. The molecule has 16 heavy (non-hydrogen) atoms. The molecule has 0 aliphatic carbocycles. The van der Waals surface area contributed by atoms with E-state index in [9.17, 15) is 0 Å². The van der Waals surface area contributed by atoms with Crippen molar-refractivity contribution in [3.05, 3.63) is 32.9 Å². The highest BCUT2D eigenvalue weighted by Gasteiger charge is 2.09. The Bertz CT molecular complexity index is 576. The van der Waals surface area contributed by atoms with Gasteiger partial charge in [0.25, 0.3) is 0 Å². The predicted molar refractivity (Wildman–Crippen MR) is 70.2 cm³/mol. The summed E-state index contributed by atoms with van der Waals surface area (Å²) in [6, 6.07) is 5.78. The van der Waals surface area contributed by atoms with Gasteiger partial charge in [-0.25, -0.2) is 0 Å². The molecule has 2 rings (SSSR count). The van der Waals surface area contributed by atoms with Gasteiger partial charge in [0.1, 0.15) is 5.58 Å². The summed E-state index contributed by atoms with van der Waals surface area (Å²) in [5, 5.41) is 9.63. The molecule has 2 aromatic rings. The third kappa shape index (κ3) is 2.32. The number of benzene rings is 1. The number of halogens is 2. The Balaban J connectivity index is 2.49. The summed E-state index contributed by atoms with van der Waals surface area (Å²) < 4.78 is 7.43. The van der Waals surface area contributed by atoms with Crippen LogP contribution in [0.5, 0.6) is 0 Å². The lowest BCUT2D eigenvalue weighted by molar-refractivity contribution is 0.305. The predicted octanol–water partition coefficient (Wildman–Crippen LogP) is 3.69. The van der Waals surface area contributed by atoms with E-state index in [1.165, 1.54) is 0 Å². The molecule has 2 nitrogen and oxygen atoms in total. The van der Waals surface area contributed by atoms with Gasteiger partial charge in [-0.3, -0.25) is 0 Å². The second-order valence-electron chi connectivity index (χ2n) is 3.16. The Morgan fingerprint density at radius 3 is 2.88 bits per heavy atom. The van der Waals surface area contributed by atoms with E-state index >= 15 is 0 Å². The first kappa shape index (κ1) is 11.7. The molecule has 0 aliphatic rings. The van der Waals surface area contributed by atoms with Gasteiger partial charge in [-0.05, 0) is 40.0 Å². The molecule has 1 aromatic carbocycles. The smallest absolute Gasteiger partial charge is 0.192 e. The minimum absolute atomic E-state index is 0.0659. The molecule has 82 valence electrons. The molecule has 0 radical (unpaired) electrons. The Morgan fingerprint density at radius 2 is 2.12 bits per heavy atom. The number of aliphatic hydroxyl groups excluding tert-OH is 1. The largest absolute Gasteiger partial charge is 0.446 e. The van der Waals surface area contributed by atoms with Crippen molar-refractivity contribution in [1.82, 2.24) is 0 Å². The van der Waals surface area contributed by atoms with Crippen LogP contribution in [0.2, 0.25) is 0 Å². The van der Waals surface area contributed by atoms with Crippen LogP contribution in [-0.2, 0) is 0 Å². The molecule has 0 amide bonds. The van der Waals surface area contributed by atoms with E-state index in [1.807, 2.05) is 18.2 Å². The molecule has 0 fully saturated rings. The van der Waals surface area contributed by atoms with Crippen LogP contribution in [0.15, 0.2) is 31.6 Å². The topological polar surface area (TPSA) is 33.4 Å². The lowest BCUT2D eigenvalue weighted by Gasteiger charge is -1.89. The average molecular weight is 344 g/mol. The SMILES string of the molecule is OCCC#Cc1oc2ccc(Br)cc2c1Br. The molecule has 4 heteroatoms. The second-order valence-corrected chi connectivity index (χ2v) is 4.87. The Morgan fingerprint density at radius 1 is 1.31 bits per heavy atom. The van der Waals surface area contributed by atoms with Crippen LogP contribution < -0.4 is 0 Å². The normalized spacial score (nSPS) is 10.2. The zero-order valence-electron chi connectivity index (χ0n) is 8.26. The molecular weight excluding hydrogens is 336 g/mol. The first-order valence-corrected chi connectivity index (χ1v) is 6.28. The van der Waals surface area contributed by atoms with Crippen molar-refractivity contribution < 1.29 is 9.52 Å². The van der Waals surface area contributed by atoms with E-state index in [-0.39, 0.29) is 6.61 Å². The molecule has 0 unspecified atom stereocenters. The molecule has 1 aromatic heterocycles. The van der Waals surface area contributed by atoms with Crippen LogP contribution in [0, 0.1) is 11.8 Å². The first-order valence-electron chi connectivity index (χ1n) is 4.69. The van der Waals surface area contributed by atoms with E-state index in [0.29, 0.717) is 12.2 Å². The highest BCUT2D eigenvalue weighted by molar-refractivity contribution is 9.11. The van der Waals surface area contributed by atoms with Crippen LogP contribution in [0.4, 0.5) is 0 Å². The number of hydrogen-bond acceptors (Lipinski definition) is 2. The third-order valence-corrected chi connectivity index (χ3v) is 3.31. The van der Waals surface area contributed by atoms with Gasteiger partial charge < -0.3 is 9.52 Å². The van der Waals surface area contributed by atoms with E-state index < -0.39 is 0 Å². The van der Waals surface area contributed by atoms with Crippen molar-refractivity contribution >= 4 is 42.8 Å². The minimum Gasteiger partial charge on any atom is -0.446 e. The molecule has 0 saturated heterocycles. The lowest BCUT2D eigenvalue weighted by atomic mass is 10.2. The monoisotopic (exact) mass is 342 g/mol. The molecule has 0 saturated carbocycles. The minimum atomic E-state index is 0.0659. The fraction of sp³-hybridized carbons (Fsp3) is 0.167. The van der Waals surface area contributed by atoms with Gasteiger partial charge in [-0.15, -0.1) is 0 Å². The summed E-state index contributed by atoms with van der Waals surface area (Å²) in [5.74, 6) is 6.31. The van der Waals surface area contributed by atoms with Gasteiger partial charge in [0.2, 0.25) is 0 Å². The summed E-state index contributed by atoms with van der Waals surface area (Å²) in [7, 11) is 0. The number of hydrogen-bond donors (Lipinski definition) is 1. The van der Waals surface area contributed by atoms with Crippen molar-refractivity contribution in [2.24, 2.45) is 0 Å². The molecule has 0 aliphatic heterocycles. The van der Waals surface area contributed by atoms with Crippen LogP contribution in [0.1, 0.15) is 12.2 Å². The van der Waals surface area contributed by atoms with Crippen LogP contribution >= 0.6 is 31.9 Å². The summed E-state index contributed by atoms with van der Waals surface area (Å²) in [6.45, 7) is 0.0659. The van der Waals surface area contributed by atoms with Crippen molar-refractivity contribution in [3.8, 4) is 11.8 Å². The molecule has 0 bridgehead atoms. The van der Waals surface area contributed by atoms with Gasteiger partial charge in [0.05, 0.1) is 11.1 Å².